The second-order valence-electron chi connectivity index (χ2n) is 8.70. The molecule has 4 heterocycles. The van der Waals surface area contributed by atoms with E-state index in [9.17, 15) is 24.5 Å². The summed E-state index contributed by atoms with van der Waals surface area (Å²) in [5.74, 6) is -0.931. The van der Waals surface area contributed by atoms with Crippen LogP contribution in [0.5, 0.6) is 0 Å². The number of rotatable bonds is 6. The van der Waals surface area contributed by atoms with Crippen LogP contribution >= 0.6 is 0 Å². The molecule has 0 aromatic carbocycles. The van der Waals surface area contributed by atoms with Crippen molar-refractivity contribution < 1.29 is 23.7 Å². The standard InChI is InChI=1S/C22H29N7O6/c1-3-28-18(17(29(33)34)15(2)25-28)19(30)24-22(6-8-23-9-7-22)21(32)27-12-10-26(11-13-27)20(31)16-5-4-14-35-16/h4-5,14,23H,3,6-13H2,1-2H3,(H,24,30). The molecule has 2 saturated heterocycles. The van der Waals surface area contributed by atoms with Gasteiger partial charge in [-0.2, -0.15) is 5.10 Å². The Morgan fingerprint density at radius 3 is 2.43 bits per heavy atom. The zero-order valence-corrected chi connectivity index (χ0v) is 19.8. The highest BCUT2D eigenvalue weighted by Gasteiger charge is 2.46. The van der Waals surface area contributed by atoms with Gasteiger partial charge in [0.2, 0.25) is 11.6 Å². The van der Waals surface area contributed by atoms with E-state index in [1.54, 1.807) is 28.9 Å². The molecule has 4 rings (SSSR count). The lowest BCUT2D eigenvalue weighted by Gasteiger charge is -2.43. The quantitative estimate of drug-likeness (QED) is 0.442. The summed E-state index contributed by atoms with van der Waals surface area (Å²) in [5.41, 5.74) is -1.58. The Bertz CT molecular complexity index is 1110. The lowest BCUT2D eigenvalue weighted by molar-refractivity contribution is -0.385. The van der Waals surface area contributed by atoms with Crippen LogP contribution in [0.25, 0.3) is 0 Å². The van der Waals surface area contributed by atoms with Crippen molar-refractivity contribution in [2.45, 2.75) is 38.8 Å². The van der Waals surface area contributed by atoms with Gasteiger partial charge in [-0.05, 0) is 51.9 Å². The second-order valence-corrected chi connectivity index (χ2v) is 8.70. The molecule has 0 spiro atoms. The molecule has 13 heteroatoms. The topological polar surface area (TPSA) is 156 Å². The van der Waals surface area contributed by atoms with E-state index in [0.717, 1.165) is 0 Å². The largest absolute Gasteiger partial charge is 0.459 e. The highest BCUT2D eigenvalue weighted by molar-refractivity contribution is 6.01. The number of nitrogens with one attached hydrogen (secondary N) is 2. The summed E-state index contributed by atoms with van der Waals surface area (Å²) in [7, 11) is 0. The molecule has 0 saturated carbocycles. The minimum Gasteiger partial charge on any atom is -0.459 e. The van der Waals surface area contributed by atoms with Crippen molar-refractivity contribution in [1.82, 2.24) is 30.2 Å². The normalized spacial score (nSPS) is 17.8. The van der Waals surface area contributed by atoms with Crippen molar-refractivity contribution in [2.75, 3.05) is 39.3 Å². The number of hydrogen-bond acceptors (Lipinski definition) is 8. The van der Waals surface area contributed by atoms with Gasteiger partial charge in [-0.1, -0.05) is 0 Å². The third-order valence-electron chi connectivity index (χ3n) is 6.60. The van der Waals surface area contributed by atoms with Gasteiger partial charge in [0.1, 0.15) is 11.2 Å². The smallest absolute Gasteiger partial charge is 0.322 e. The van der Waals surface area contributed by atoms with Crippen LogP contribution < -0.4 is 10.6 Å². The molecule has 2 N–H and O–H groups in total. The predicted molar refractivity (Wildman–Crippen MR) is 123 cm³/mol. The first-order chi connectivity index (χ1) is 16.8. The minimum atomic E-state index is -1.21. The van der Waals surface area contributed by atoms with Crippen LogP contribution in [0.15, 0.2) is 22.8 Å². The van der Waals surface area contributed by atoms with Gasteiger partial charge >= 0.3 is 5.69 Å². The Balaban J connectivity index is 1.52. The molecule has 188 valence electrons. The number of piperidine rings is 1. The number of amides is 3. The van der Waals surface area contributed by atoms with Gasteiger partial charge in [0.05, 0.1) is 11.2 Å². The molecule has 0 aliphatic carbocycles. The zero-order chi connectivity index (χ0) is 25.2. The Labute approximate surface area is 201 Å². The molecule has 35 heavy (non-hydrogen) atoms. The van der Waals surface area contributed by atoms with E-state index in [-0.39, 0.29) is 41.2 Å². The fraction of sp³-hybridized carbons (Fsp3) is 0.545. The number of furan rings is 1. The molecule has 2 aromatic rings. The zero-order valence-electron chi connectivity index (χ0n) is 19.8. The van der Waals surface area contributed by atoms with E-state index in [2.05, 4.69) is 15.7 Å². The van der Waals surface area contributed by atoms with Crippen molar-refractivity contribution >= 4 is 23.4 Å². The van der Waals surface area contributed by atoms with Gasteiger partial charge in [0.15, 0.2) is 5.76 Å². The highest BCUT2D eigenvalue weighted by atomic mass is 16.6. The minimum absolute atomic E-state index is 0.144. The number of aromatic nitrogens is 2. The van der Waals surface area contributed by atoms with Crippen molar-refractivity contribution in [3.8, 4) is 0 Å². The lowest BCUT2D eigenvalue weighted by Crippen LogP contribution is -2.65. The summed E-state index contributed by atoms with van der Waals surface area (Å²) in [5, 5.41) is 21.8. The van der Waals surface area contributed by atoms with E-state index >= 15 is 0 Å². The summed E-state index contributed by atoms with van der Waals surface area (Å²) < 4.78 is 6.48. The maximum Gasteiger partial charge on any atom is 0.322 e. The first-order valence-corrected chi connectivity index (χ1v) is 11.6. The average molecular weight is 488 g/mol. The first kappa shape index (κ1) is 24.4. The fourth-order valence-electron chi connectivity index (χ4n) is 4.74. The fourth-order valence-corrected chi connectivity index (χ4v) is 4.74. The number of piperazine rings is 1. The number of carbonyl (C=O) groups excluding carboxylic acids is 3. The van der Waals surface area contributed by atoms with Gasteiger partial charge in [-0.15, -0.1) is 0 Å². The molecule has 3 amide bonds. The third kappa shape index (κ3) is 4.63. The maximum absolute atomic E-state index is 13.7. The number of aryl methyl sites for hydroxylation is 2. The van der Waals surface area contributed by atoms with Crippen molar-refractivity contribution in [1.29, 1.82) is 0 Å². The van der Waals surface area contributed by atoms with Gasteiger partial charge < -0.3 is 24.9 Å². The molecule has 13 nitrogen and oxygen atoms in total. The molecule has 2 aromatic heterocycles. The highest BCUT2D eigenvalue weighted by Crippen LogP contribution is 2.27. The van der Waals surface area contributed by atoms with Gasteiger partial charge in [0.25, 0.3) is 11.8 Å². The Morgan fingerprint density at radius 1 is 1.20 bits per heavy atom. The predicted octanol–water partition coefficient (Wildman–Crippen LogP) is 0.549. The molecule has 0 bridgehead atoms. The Kier molecular flexibility index (Phi) is 6.87. The molecule has 2 aliphatic rings. The molecule has 0 atom stereocenters. The Morgan fingerprint density at radius 2 is 1.86 bits per heavy atom. The lowest BCUT2D eigenvalue weighted by atomic mass is 9.86. The molecule has 2 fully saturated rings. The number of nitrogens with zero attached hydrogens (tertiary/aromatic N) is 5. The van der Waals surface area contributed by atoms with E-state index in [0.29, 0.717) is 52.1 Å². The van der Waals surface area contributed by atoms with Crippen LogP contribution in [0, 0.1) is 17.0 Å². The van der Waals surface area contributed by atoms with Crippen LogP contribution in [0.1, 0.15) is 46.5 Å². The number of hydrogen-bond donors (Lipinski definition) is 2. The molecular formula is C22H29N7O6. The van der Waals surface area contributed by atoms with Crippen molar-refractivity contribution in [3.05, 3.63) is 45.7 Å². The van der Waals surface area contributed by atoms with E-state index in [4.69, 9.17) is 4.42 Å². The van der Waals surface area contributed by atoms with Crippen LogP contribution in [-0.4, -0.2) is 87.0 Å². The monoisotopic (exact) mass is 487 g/mol. The summed E-state index contributed by atoms with van der Waals surface area (Å²) in [6.45, 7) is 5.80. The summed E-state index contributed by atoms with van der Waals surface area (Å²) >= 11 is 0. The SMILES string of the molecule is CCn1nc(C)c([N+](=O)[O-])c1C(=O)NC1(C(=O)N2CCN(C(=O)c3ccco3)CC2)CCNCC1. The van der Waals surface area contributed by atoms with Crippen molar-refractivity contribution in [3.63, 3.8) is 0 Å². The van der Waals surface area contributed by atoms with Crippen LogP contribution in [-0.2, 0) is 11.3 Å². The summed E-state index contributed by atoms with van der Waals surface area (Å²) in [6, 6.07) is 3.24. The molecule has 2 aliphatic heterocycles. The second kappa shape index (κ2) is 9.86. The van der Waals surface area contributed by atoms with E-state index in [1.807, 2.05) is 0 Å². The maximum atomic E-state index is 13.7. The number of nitro groups is 1. The van der Waals surface area contributed by atoms with Crippen LogP contribution in [0.2, 0.25) is 0 Å². The van der Waals surface area contributed by atoms with Crippen LogP contribution in [0.4, 0.5) is 5.69 Å². The van der Waals surface area contributed by atoms with Crippen molar-refractivity contribution in [2.24, 2.45) is 0 Å². The number of carbonyl (C=O) groups is 3. The molecular weight excluding hydrogens is 458 g/mol. The first-order valence-electron chi connectivity index (χ1n) is 11.6. The molecule has 0 radical (unpaired) electrons. The Hall–Kier alpha value is -3.74. The average Bonchev–Trinajstić information content (AvgIpc) is 3.51. The van der Waals surface area contributed by atoms with E-state index < -0.39 is 16.4 Å². The third-order valence-corrected chi connectivity index (χ3v) is 6.60. The van der Waals surface area contributed by atoms with Gasteiger partial charge in [-0.3, -0.25) is 29.2 Å². The summed E-state index contributed by atoms with van der Waals surface area (Å²) in [4.78, 5) is 54.0. The molecule has 0 unspecified atom stereocenters. The van der Waals surface area contributed by atoms with Crippen LogP contribution in [0.3, 0.4) is 0 Å². The van der Waals surface area contributed by atoms with Gasteiger partial charge in [-0.25, -0.2) is 0 Å². The van der Waals surface area contributed by atoms with E-state index in [1.165, 1.54) is 17.9 Å². The summed E-state index contributed by atoms with van der Waals surface area (Å²) in [6.07, 6.45) is 2.12. The van der Waals surface area contributed by atoms with Gasteiger partial charge in [0, 0.05) is 32.7 Å².